The van der Waals surface area contributed by atoms with Crippen LogP contribution in [0.15, 0.2) is 53.4 Å². The average Bonchev–Trinajstić information content (AvgIpc) is 2.74. The number of nitrogens with zero attached hydrogens (tertiary/aromatic N) is 2. The van der Waals surface area contributed by atoms with Crippen molar-refractivity contribution in [2.45, 2.75) is 44.7 Å². The second kappa shape index (κ2) is 8.97. The van der Waals surface area contributed by atoms with E-state index in [0.717, 1.165) is 12.0 Å². The highest BCUT2D eigenvalue weighted by atomic mass is 32.2. The van der Waals surface area contributed by atoms with E-state index in [1.54, 1.807) is 24.3 Å². The summed E-state index contributed by atoms with van der Waals surface area (Å²) in [5.74, 6) is 0. The van der Waals surface area contributed by atoms with Gasteiger partial charge in [0.15, 0.2) is 0 Å². The van der Waals surface area contributed by atoms with Gasteiger partial charge in [-0.25, -0.2) is 13.2 Å². The molecule has 6 nitrogen and oxygen atoms in total. The molecule has 2 aromatic rings. The summed E-state index contributed by atoms with van der Waals surface area (Å²) in [5, 5.41) is 3.03. The zero-order valence-corrected chi connectivity index (χ0v) is 18.1. The van der Waals surface area contributed by atoms with E-state index in [0.29, 0.717) is 26.2 Å². The molecule has 0 bridgehead atoms. The summed E-state index contributed by atoms with van der Waals surface area (Å²) in [6.45, 7) is 7.73. The third-order valence-corrected chi connectivity index (χ3v) is 7.55. The predicted molar refractivity (Wildman–Crippen MR) is 114 cm³/mol. The molecule has 0 saturated heterocycles. The molecule has 0 saturated carbocycles. The second-order valence-corrected chi connectivity index (χ2v) is 9.21. The molecule has 0 radical (unpaired) electrons. The van der Waals surface area contributed by atoms with Crippen molar-refractivity contribution in [1.82, 2.24) is 14.5 Å². The molecule has 0 aromatic heterocycles. The van der Waals surface area contributed by atoms with Crippen LogP contribution >= 0.6 is 0 Å². The van der Waals surface area contributed by atoms with E-state index in [4.69, 9.17) is 0 Å². The number of hydrogen-bond donors (Lipinski definition) is 1. The summed E-state index contributed by atoms with van der Waals surface area (Å²) in [5.41, 5.74) is 3.36. The first-order valence-corrected chi connectivity index (χ1v) is 11.5. The summed E-state index contributed by atoms with van der Waals surface area (Å²) in [6.07, 6.45) is 0.857. The summed E-state index contributed by atoms with van der Waals surface area (Å²) in [4.78, 5) is 14.8. The zero-order valence-electron chi connectivity index (χ0n) is 17.3. The van der Waals surface area contributed by atoms with Gasteiger partial charge in [0.1, 0.15) is 0 Å². The average molecular weight is 416 g/mol. The van der Waals surface area contributed by atoms with E-state index in [2.05, 4.69) is 17.4 Å². The Morgan fingerprint density at radius 3 is 2.31 bits per heavy atom. The Balaban J connectivity index is 1.65. The van der Waals surface area contributed by atoms with E-state index in [-0.39, 0.29) is 17.0 Å². The van der Waals surface area contributed by atoms with Crippen molar-refractivity contribution in [1.29, 1.82) is 0 Å². The minimum Gasteiger partial charge on any atom is -0.331 e. The third-order valence-electron chi connectivity index (χ3n) is 5.48. The molecule has 7 heteroatoms. The van der Waals surface area contributed by atoms with Gasteiger partial charge in [0.2, 0.25) is 10.0 Å². The standard InChI is InChI=1S/C22H29N3O3S/c1-4-25(5-2)29(27,28)21-12-10-18(11-13-21)17(3)23-22(26)24-15-14-19-8-6-7-9-20(19)16-24/h6-13,17H,4-5,14-16H2,1-3H3,(H,23,26)/t17-/m1/s1. The molecule has 1 aliphatic rings. The van der Waals surface area contributed by atoms with Crippen molar-refractivity contribution in [2.75, 3.05) is 19.6 Å². The van der Waals surface area contributed by atoms with Gasteiger partial charge in [-0.1, -0.05) is 50.2 Å². The van der Waals surface area contributed by atoms with Gasteiger partial charge in [0.25, 0.3) is 0 Å². The van der Waals surface area contributed by atoms with Crippen LogP contribution in [-0.2, 0) is 23.0 Å². The maximum atomic E-state index is 12.7. The highest BCUT2D eigenvalue weighted by molar-refractivity contribution is 7.89. The number of benzene rings is 2. The van der Waals surface area contributed by atoms with E-state index in [9.17, 15) is 13.2 Å². The van der Waals surface area contributed by atoms with Crippen molar-refractivity contribution in [3.8, 4) is 0 Å². The van der Waals surface area contributed by atoms with Crippen molar-refractivity contribution in [3.63, 3.8) is 0 Å². The molecule has 2 aromatic carbocycles. The smallest absolute Gasteiger partial charge is 0.318 e. The van der Waals surface area contributed by atoms with Crippen molar-refractivity contribution >= 4 is 16.1 Å². The molecule has 0 fully saturated rings. The van der Waals surface area contributed by atoms with Crippen LogP contribution in [0.25, 0.3) is 0 Å². The van der Waals surface area contributed by atoms with Crippen molar-refractivity contribution in [3.05, 3.63) is 65.2 Å². The molecule has 0 spiro atoms. The highest BCUT2D eigenvalue weighted by Crippen LogP contribution is 2.21. The van der Waals surface area contributed by atoms with E-state index in [1.165, 1.54) is 15.4 Å². The number of fused-ring (bicyclic) bond motifs is 1. The Morgan fingerprint density at radius 2 is 1.69 bits per heavy atom. The number of hydrogen-bond acceptors (Lipinski definition) is 3. The molecule has 1 N–H and O–H groups in total. The third kappa shape index (κ3) is 4.62. The van der Waals surface area contributed by atoms with Gasteiger partial charge in [-0.15, -0.1) is 0 Å². The lowest BCUT2D eigenvalue weighted by Crippen LogP contribution is -2.43. The van der Waals surface area contributed by atoms with Crippen molar-refractivity contribution in [2.24, 2.45) is 0 Å². The van der Waals surface area contributed by atoms with Crippen LogP contribution in [0, 0.1) is 0 Å². The van der Waals surface area contributed by atoms with Gasteiger partial charge in [-0.05, 0) is 42.2 Å². The quantitative estimate of drug-likeness (QED) is 0.784. The first kappa shape index (κ1) is 21.3. The first-order valence-electron chi connectivity index (χ1n) is 10.1. The molecule has 156 valence electrons. The summed E-state index contributed by atoms with van der Waals surface area (Å²) in [7, 11) is -3.47. The van der Waals surface area contributed by atoms with Gasteiger partial charge < -0.3 is 10.2 Å². The van der Waals surface area contributed by atoms with E-state index < -0.39 is 10.0 Å². The van der Waals surface area contributed by atoms with Crippen LogP contribution in [0.1, 0.15) is 43.5 Å². The highest BCUT2D eigenvalue weighted by Gasteiger charge is 2.23. The molecule has 0 aliphatic carbocycles. The van der Waals surface area contributed by atoms with E-state index >= 15 is 0 Å². The molecule has 1 heterocycles. The fraction of sp³-hybridized carbons (Fsp3) is 0.409. The number of nitrogens with one attached hydrogen (secondary N) is 1. The topological polar surface area (TPSA) is 69.7 Å². The lowest BCUT2D eigenvalue weighted by atomic mass is 10.0. The van der Waals surface area contributed by atoms with Crippen LogP contribution in [0.2, 0.25) is 0 Å². The van der Waals surface area contributed by atoms with Gasteiger partial charge in [-0.3, -0.25) is 0 Å². The zero-order chi connectivity index (χ0) is 21.0. The summed E-state index contributed by atoms with van der Waals surface area (Å²) < 4.78 is 26.7. The van der Waals surface area contributed by atoms with Crippen LogP contribution in [0.3, 0.4) is 0 Å². The number of sulfonamides is 1. The number of amides is 2. The molecular weight excluding hydrogens is 386 g/mol. The number of rotatable bonds is 6. The number of urea groups is 1. The minimum absolute atomic E-state index is 0.105. The number of carbonyl (C=O) groups excluding carboxylic acids is 1. The van der Waals surface area contributed by atoms with Gasteiger partial charge in [-0.2, -0.15) is 4.31 Å². The van der Waals surface area contributed by atoms with Crippen LogP contribution in [0.5, 0.6) is 0 Å². The van der Waals surface area contributed by atoms with Crippen molar-refractivity contribution < 1.29 is 13.2 Å². The Hall–Kier alpha value is -2.38. The SMILES string of the molecule is CCN(CC)S(=O)(=O)c1ccc([C@@H](C)NC(=O)N2CCc3ccccc3C2)cc1. The maximum Gasteiger partial charge on any atom is 0.318 e. The fourth-order valence-corrected chi connectivity index (χ4v) is 5.13. The normalized spacial score (nSPS) is 15.1. The van der Waals surface area contributed by atoms with Crippen LogP contribution < -0.4 is 5.32 Å². The van der Waals surface area contributed by atoms with Gasteiger partial charge in [0, 0.05) is 26.2 Å². The Morgan fingerprint density at radius 1 is 1.07 bits per heavy atom. The van der Waals surface area contributed by atoms with E-state index in [1.807, 2.05) is 37.8 Å². The summed E-state index contributed by atoms with van der Waals surface area (Å²) in [6, 6.07) is 14.6. The van der Waals surface area contributed by atoms with Crippen LogP contribution in [-0.4, -0.2) is 43.3 Å². The molecule has 1 aliphatic heterocycles. The lowest BCUT2D eigenvalue weighted by Gasteiger charge is -2.30. The molecule has 29 heavy (non-hydrogen) atoms. The summed E-state index contributed by atoms with van der Waals surface area (Å²) >= 11 is 0. The second-order valence-electron chi connectivity index (χ2n) is 7.27. The minimum atomic E-state index is -3.47. The largest absolute Gasteiger partial charge is 0.331 e. The van der Waals surface area contributed by atoms with Gasteiger partial charge >= 0.3 is 6.03 Å². The molecule has 0 unspecified atom stereocenters. The molecule has 3 rings (SSSR count). The maximum absolute atomic E-state index is 12.7. The van der Waals surface area contributed by atoms with Crippen LogP contribution in [0.4, 0.5) is 4.79 Å². The first-order chi connectivity index (χ1) is 13.9. The molecular formula is C22H29N3O3S. The lowest BCUT2D eigenvalue weighted by molar-refractivity contribution is 0.189. The Kier molecular flexibility index (Phi) is 6.59. The Bertz CT molecular complexity index is 954. The monoisotopic (exact) mass is 415 g/mol. The van der Waals surface area contributed by atoms with Gasteiger partial charge in [0.05, 0.1) is 10.9 Å². The molecule has 2 amide bonds. The number of carbonyl (C=O) groups is 1. The fourth-order valence-electron chi connectivity index (χ4n) is 3.67. The predicted octanol–water partition coefficient (Wildman–Crippen LogP) is 3.55. The Labute approximate surface area is 173 Å². The molecule has 1 atom stereocenters.